The number of hydrogen-bond acceptors (Lipinski definition) is 8. The van der Waals surface area contributed by atoms with Crippen LogP contribution in [0.25, 0.3) is 11.1 Å². The molecule has 0 bridgehead atoms. The van der Waals surface area contributed by atoms with Crippen molar-refractivity contribution in [3.63, 3.8) is 0 Å². The van der Waals surface area contributed by atoms with Crippen molar-refractivity contribution >= 4 is 34.5 Å². The topological polar surface area (TPSA) is 103 Å². The molecule has 8 nitrogen and oxygen atoms in total. The summed E-state index contributed by atoms with van der Waals surface area (Å²) < 4.78 is 16.1. The lowest BCUT2D eigenvalue weighted by molar-refractivity contribution is -0.116. The molecule has 0 radical (unpaired) electrons. The number of amides is 1. The van der Waals surface area contributed by atoms with Gasteiger partial charge in [0.2, 0.25) is 11.8 Å². The second kappa shape index (κ2) is 9.00. The van der Waals surface area contributed by atoms with Crippen molar-refractivity contribution in [3.8, 4) is 5.75 Å². The Balaban J connectivity index is 1.27. The number of carbonyl (C=O) groups excluding carboxylic acids is 1. The van der Waals surface area contributed by atoms with E-state index in [4.69, 9.17) is 13.7 Å². The van der Waals surface area contributed by atoms with Crippen LogP contribution >= 0.6 is 11.8 Å². The Morgan fingerprint density at radius 3 is 2.97 bits per heavy atom. The summed E-state index contributed by atoms with van der Waals surface area (Å²) in [5, 5.41) is 7.34. The van der Waals surface area contributed by atoms with Crippen LogP contribution in [0.15, 0.2) is 56.6 Å². The van der Waals surface area contributed by atoms with Gasteiger partial charge < -0.3 is 19.0 Å². The van der Waals surface area contributed by atoms with Gasteiger partial charge in [-0.2, -0.15) is 4.98 Å². The summed E-state index contributed by atoms with van der Waals surface area (Å²) in [5.74, 6) is 1.95. The summed E-state index contributed by atoms with van der Waals surface area (Å²) in [6, 6.07) is 13.1. The molecular weight excluding hydrogens is 404 g/mol. The lowest BCUT2D eigenvalue weighted by Gasteiger charge is -2.06. The zero-order valence-electron chi connectivity index (χ0n) is 16.5. The van der Waals surface area contributed by atoms with Gasteiger partial charge in [-0.3, -0.25) is 4.79 Å². The number of aromatic nitrogens is 3. The molecule has 4 rings (SSSR count). The van der Waals surface area contributed by atoms with Crippen molar-refractivity contribution in [2.45, 2.75) is 30.7 Å². The largest absolute Gasteiger partial charge is 0.497 e. The molecule has 2 heterocycles. The van der Waals surface area contributed by atoms with Crippen molar-refractivity contribution in [2.24, 2.45) is 0 Å². The standard InChI is InChI=1S/C21H20N4O4S/c1-13-6-7-17-16(10-13)23-21(28-17)30-12-18-24-20(29-25-18)9-8-19(26)22-14-4-3-5-15(11-14)27-2/h3-7,10-11H,8-9,12H2,1-2H3,(H,22,26). The maximum Gasteiger partial charge on any atom is 0.257 e. The lowest BCUT2D eigenvalue weighted by atomic mass is 10.2. The molecule has 0 aliphatic rings. The number of aryl methyl sites for hydroxylation is 2. The molecular formula is C21H20N4O4S. The molecule has 0 aliphatic carbocycles. The van der Waals surface area contributed by atoms with Crippen LogP contribution in [-0.4, -0.2) is 28.1 Å². The minimum Gasteiger partial charge on any atom is -0.497 e. The summed E-state index contributed by atoms with van der Waals surface area (Å²) >= 11 is 1.39. The number of nitrogens with one attached hydrogen (secondary N) is 1. The highest BCUT2D eigenvalue weighted by Crippen LogP contribution is 2.26. The molecule has 0 spiro atoms. The van der Waals surface area contributed by atoms with Crippen LogP contribution in [0, 0.1) is 6.92 Å². The van der Waals surface area contributed by atoms with E-state index < -0.39 is 0 Å². The number of fused-ring (bicyclic) bond motifs is 1. The number of ether oxygens (including phenoxy) is 1. The fourth-order valence-electron chi connectivity index (χ4n) is 2.80. The Labute approximate surface area is 177 Å². The molecule has 30 heavy (non-hydrogen) atoms. The van der Waals surface area contributed by atoms with E-state index in [0.29, 0.717) is 40.5 Å². The van der Waals surface area contributed by atoms with E-state index in [1.165, 1.54) is 11.8 Å². The molecule has 1 N–H and O–H groups in total. The number of methoxy groups -OCH3 is 1. The molecule has 1 amide bonds. The highest BCUT2D eigenvalue weighted by atomic mass is 32.2. The van der Waals surface area contributed by atoms with Gasteiger partial charge in [0.1, 0.15) is 11.3 Å². The quantitative estimate of drug-likeness (QED) is 0.415. The van der Waals surface area contributed by atoms with Gasteiger partial charge in [-0.15, -0.1) is 0 Å². The van der Waals surface area contributed by atoms with E-state index in [0.717, 1.165) is 16.7 Å². The molecule has 2 aromatic carbocycles. The number of carbonyl (C=O) groups is 1. The highest BCUT2D eigenvalue weighted by molar-refractivity contribution is 7.98. The van der Waals surface area contributed by atoms with Gasteiger partial charge in [0.25, 0.3) is 5.22 Å². The molecule has 0 fully saturated rings. The molecule has 9 heteroatoms. The van der Waals surface area contributed by atoms with E-state index >= 15 is 0 Å². The average Bonchev–Trinajstić information content (AvgIpc) is 3.37. The van der Waals surface area contributed by atoms with Gasteiger partial charge >= 0.3 is 0 Å². The fraction of sp³-hybridized carbons (Fsp3) is 0.238. The van der Waals surface area contributed by atoms with Gasteiger partial charge in [-0.1, -0.05) is 29.1 Å². The summed E-state index contributed by atoms with van der Waals surface area (Å²) in [6.45, 7) is 2.01. The van der Waals surface area contributed by atoms with Gasteiger partial charge in [-0.05, 0) is 36.8 Å². The van der Waals surface area contributed by atoms with Crippen LogP contribution in [0.4, 0.5) is 5.69 Å². The molecule has 0 atom stereocenters. The number of benzene rings is 2. The molecule has 0 aliphatic heterocycles. The van der Waals surface area contributed by atoms with Gasteiger partial charge in [0, 0.05) is 24.6 Å². The van der Waals surface area contributed by atoms with E-state index in [1.807, 2.05) is 37.3 Å². The van der Waals surface area contributed by atoms with Gasteiger partial charge in [-0.25, -0.2) is 4.98 Å². The first-order valence-corrected chi connectivity index (χ1v) is 10.3. The third-order valence-corrected chi connectivity index (χ3v) is 5.10. The minimum atomic E-state index is -0.140. The first kappa shape index (κ1) is 20.0. The Morgan fingerprint density at radius 2 is 2.10 bits per heavy atom. The Bertz CT molecular complexity index is 1170. The number of oxazole rings is 1. The Hall–Kier alpha value is -3.33. The summed E-state index contributed by atoms with van der Waals surface area (Å²) in [7, 11) is 1.58. The fourth-order valence-corrected chi connectivity index (χ4v) is 3.48. The number of nitrogens with zero attached hydrogens (tertiary/aromatic N) is 3. The first-order valence-electron chi connectivity index (χ1n) is 9.34. The SMILES string of the molecule is COc1cccc(NC(=O)CCc2nc(CSc3nc4cc(C)ccc4o3)no2)c1. The molecule has 154 valence electrons. The van der Waals surface area contributed by atoms with Gasteiger partial charge in [0.05, 0.1) is 12.9 Å². The summed E-state index contributed by atoms with van der Waals surface area (Å²) in [6.07, 6.45) is 0.589. The normalized spacial score (nSPS) is 11.0. The third-order valence-electron chi connectivity index (χ3n) is 4.28. The molecule has 0 saturated heterocycles. The molecule has 0 unspecified atom stereocenters. The second-order valence-electron chi connectivity index (χ2n) is 6.62. The van der Waals surface area contributed by atoms with Crippen LogP contribution in [-0.2, 0) is 17.0 Å². The van der Waals surface area contributed by atoms with E-state index in [1.54, 1.807) is 19.2 Å². The molecule has 2 aromatic heterocycles. The van der Waals surface area contributed by atoms with Crippen LogP contribution in [0.5, 0.6) is 5.75 Å². The first-order chi connectivity index (χ1) is 14.6. The van der Waals surface area contributed by atoms with Crippen LogP contribution < -0.4 is 10.1 Å². The van der Waals surface area contributed by atoms with Crippen molar-refractivity contribution < 1.29 is 18.5 Å². The van der Waals surface area contributed by atoms with Crippen molar-refractivity contribution in [1.82, 2.24) is 15.1 Å². The lowest BCUT2D eigenvalue weighted by Crippen LogP contribution is -2.12. The van der Waals surface area contributed by atoms with Crippen molar-refractivity contribution in [2.75, 3.05) is 12.4 Å². The minimum absolute atomic E-state index is 0.140. The number of rotatable bonds is 8. The summed E-state index contributed by atoms with van der Waals surface area (Å²) in [4.78, 5) is 20.9. The zero-order valence-corrected chi connectivity index (χ0v) is 17.4. The number of thioether (sulfide) groups is 1. The van der Waals surface area contributed by atoms with Crippen LogP contribution in [0.2, 0.25) is 0 Å². The highest BCUT2D eigenvalue weighted by Gasteiger charge is 2.12. The van der Waals surface area contributed by atoms with E-state index in [-0.39, 0.29) is 12.3 Å². The maximum absolute atomic E-state index is 12.1. The van der Waals surface area contributed by atoms with Crippen LogP contribution in [0.3, 0.4) is 0 Å². The van der Waals surface area contributed by atoms with Crippen LogP contribution in [0.1, 0.15) is 23.7 Å². The van der Waals surface area contributed by atoms with E-state index in [9.17, 15) is 4.79 Å². The average molecular weight is 424 g/mol. The molecule has 4 aromatic rings. The van der Waals surface area contributed by atoms with Crippen molar-refractivity contribution in [1.29, 1.82) is 0 Å². The monoisotopic (exact) mass is 424 g/mol. The predicted molar refractivity (Wildman–Crippen MR) is 113 cm³/mol. The second-order valence-corrected chi connectivity index (χ2v) is 7.55. The Kier molecular flexibility index (Phi) is 5.99. The predicted octanol–water partition coefficient (Wildman–Crippen LogP) is 4.39. The number of anilines is 1. The van der Waals surface area contributed by atoms with E-state index in [2.05, 4.69) is 20.4 Å². The molecule has 0 saturated carbocycles. The third kappa shape index (κ3) is 4.98. The van der Waals surface area contributed by atoms with Crippen molar-refractivity contribution in [3.05, 3.63) is 59.7 Å². The number of hydrogen-bond donors (Lipinski definition) is 1. The smallest absolute Gasteiger partial charge is 0.257 e. The summed E-state index contributed by atoms with van der Waals surface area (Å²) in [5.41, 5.74) is 3.38. The maximum atomic E-state index is 12.1. The van der Waals surface area contributed by atoms with Gasteiger partial charge in [0.15, 0.2) is 11.4 Å². The zero-order chi connectivity index (χ0) is 20.9. The Morgan fingerprint density at radius 1 is 1.20 bits per heavy atom.